The molecule has 31 heavy (non-hydrogen) atoms. The molecule has 2 amide bonds. The van der Waals surface area contributed by atoms with Crippen LogP contribution in [0.4, 0.5) is 18.9 Å². The van der Waals surface area contributed by atoms with Gasteiger partial charge in [-0.2, -0.15) is 23.7 Å². The maximum Gasteiger partial charge on any atom is 0.417 e. The average molecular weight is 433 g/mol. The van der Waals surface area contributed by atoms with E-state index in [0.717, 1.165) is 12.1 Å². The molecule has 0 radical (unpaired) electrons. The smallest absolute Gasteiger partial charge is 0.417 e. The minimum Gasteiger partial charge on any atom is -0.481 e. The Hall–Kier alpha value is -3.44. The summed E-state index contributed by atoms with van der Waals surface area (Å²) in [5.74, 6) is -8.28. The number of ether oxygens (including phenoxy) is 1. The van der Waals surface area contributed by atoms with Gasteiger partial charge in [-0.3, -0.25) is 14.4 Å². The molecule has 1 aromatic carbocycles. The number of amides is 2. The largest absolute Gasteiger partial charge is 0.481 e. The lowest BCUT2D eigenvalue weighted by atomic mass is 9.59. The summed E-state index contributed by atoms with van der Waals surface area (Å²) in [5, 5.41) is 28.2. The third-order valence-electron chi connectivity index (χ3n) is 6.64. The Bertz CT molecular complexity index is 1140. The van der Waals surface area contributed by atoms with Crippen LogP contribution in [0.2, 0.25) is 0 Å². The number of nitrogens with zero attached hydrogens (tertiary/aromatic N) is 3. The number of hydrogen-bond acceptors (Lipinski definition) is 6. The van der Waals surface area contributed by atoms with Gasteiger partial charge in [0.2, 0.25) is 11.8 Å². The highest BCUT2D eigenvalue weighted by molar-refractivity contribution is 6.23. The van der Waals surface area contributed by atoms with Crippen LogP contribution in [0.5, 0.6) is 0 Å². The minimum absolute atomic E-state index is 0.386. The summed E-state index contributed by atoms with van der Waals surface area (Å²) in [6, 6.07) is 5.74. The fraction of sp³-hybridized carbons (Fsp3) is 0.450. The minimum atomic E-state index is -4.90. The number of hydrogen-bond donors (Lipinski definition) is 1. The van der Waals surface area contributed by atoms with Crippen LogP contribution in [-0.4, -0.2) is 34.1 Å². The molecule has 0 aliphatic carbocycles. The van der Waals surface area contributed by atoms with Crippen LogP contribution >= 0.6 is 0 Å². The monoisotopic (exact) mass is 433 g/mol. The fourth-order valence-electron chi connectivity index (χ4n) is 5.45. The van der Waals surface area contributed by atoms with Gasteiger partial charge in [-0.1, -0.05) is 0 Å². The van der Waals surface area contributed by atoms with Crippen LogP contribution in [0.1, 0.15) is 25.0 Å². The van der Waals surface area contributed by atoms with Crippen LogP contribution in [0.15, 0.2) is 18.2 Å². The molecule has 11 heteroatoms. The number of fused-ring (bicyclic) bond motifs is 5. The number of imide groups is 1. The first kappa shape index (κ1) is 20.8. The number of halogens is 3. The van der Waals surface area contributed by atoms with E-state index in [1.807, 2.05) is 6.07 Å². The van der Waals surface area contributed by atoms with Gasteiger partial charge in [0.05, 0.1) is 57.9 Å². The first-order valence-electron chi connectivity index (χ1n) is 9.14. The van der Waals surface area contributed by atoms with E-state index in [4.69, 9.17) is 10.00 Å². The van der Waals surface area contributed by atoms with Crippen molar-refractivity contribution in [2.45, 2.75) is 31.2 Å². The molecule has 3 aliphatic heterocycles. The van der Waals surface area contributed by atoms with Crippen LogP contribution in [0.3, 0.4) is 0 Å². The quantitative estimate of drug-likeness (QED) is 0.707. The second-order valence-electron chi connectivity index (χ2n) is 8.20. The van der Waals surface area contributed by atoms with Crippen molar-refractivity contribution < 1.29 is 37.4 Å². The lowest BCUT2D eigenvalue weighted by Crippen LogP contribution is -2.53. The molecule has 1 N–H and O–H groups in total. The Kier molecular flexibility index (Phi) is 4.06. The van der Waals surface area contributed by atoms with E-state index < -0.39 is 70.0 Å². The number of alkyl halides is 3. The molecule has 0 aromatic heterocycles. The SMILES string of the molecule is C[C@@]12O[C@](C)(C3C(=O)N(c4ccc(C#N)c(C(F)(F)F)c4)C(=O)C31)[C@H](C(=O)O)[C@H]2C#N. The molecule has 2 unspecified atom stereocenters. The zero-order valence-corrected chi connectivity index (χ0v) is 16.1. The summed E-state index contributed by atoms with van der Waals surface area (Å²) >= 11 is 0. The van der Waals surface area contributed by atoms with Gasteiger partial charge >= 0.3 is 12.1 Å². The van der Waals surface area contributed by atoms with Gasteiger partial charge in [0.15, 0.2) is 0 Å². The van der Waals surface area contributed by atoms with Crippen molar-refractivity contribution in [2.24, 2.45) is 23.7 Å². The highest BCUT2D eigenvalue weighted by Crippen LogP contribution is 2.65. The average Bonchev–Trinajstić information content (AvgIpc) is 3.19. The fourth-order valence-corrected chi connectivity index (χ4v) is 5.45. The molecule has 0 spiro atoms. The van der Waals surface area contributed by atoms with Gasteiger partial charge in [0.1, 0.15) is 5.92 Å². The third kappa shape index (κ3) is 2.41. The molecular weight excluding hydrogens is 419 g/mol. The Balaban J connectivity index is 1.85. The second-order valence-corrected chi connectivity index (χ2v) is 8.20. The highest BCUT2D eigenvalue weighted by Gasteiger charge is 2.81. The third-order valence-corrected chi connectivity index (χ3v) is 6.64. The number of rotatable bonds is 2. The lowest BCUT2D eigenvalue weighted by Gasteiger charge is -2.35. The number of nitriles is 2. The molecule has 0 saturated carbocycles. The summed E-state index contributed by atoms with van der Waals surface area (Å²) < 4.78 is 45.9. The summed E-state index contributed by atoms with van der Waals surface area (Å²) in [7, 11) is 0. The van der Waals surface area contributed by atoms with Crippen molar-refractivity contribution in [1.29, 1.82) is 10.5 Å². The van der Waals surface area contributed by atoms with E-state index in [0.29, 0.717) is 11.0 Å². The lowest BCUT2D eigenvalue weighted by molar-refractivity contribution is -0.151. The zero-order valence-electron chi connectivity index (χ0n) is 16.1. The Morgan fingerprint density at radius 1 is 1.16 bits per heavy atom. The van der Waals surface area contributed by atoms with E-state index in [-0.39, 0.29) is 5.69 Å². The summed E-state index contributed by atoms with van der Waals surface area (Å²) in [6.45, 7) is 2.71. The van der Waals surface area contributed by atoms with E-state index in [9.17, 15) is 37.9 Å². The van der Waals surface area contributed by atoms with Crippen molar-refractivity contribution in [1.82, 2.24) is 0 Å². The molecule has 3 fully saturated rings. The molecule has 1 aromatic rings. The molecular formula is C20H14F3N3O5. The highest BCUT2D eigenvalue weighted by atomic mass is 19.4. The zero-order chi connectivity index (χ0) is 23.1. The second kappa shape index (κ2) is 6.05. The van der Waals surface area contributed by atoms with Crippen molar-refractivity contribution in [3.8, 4) is 12.1 Å². The molecule has 8 nitrogen and oxygen atoms in total. The maximum absolute atomic E-state index is 13.4. The van der Waals surface area contributed by atoms with E-state index >= 15 is 0 Å². The summed E-state index contributed by atoms with van der Waals surface area (Å²) in [4.78, 5) is 38.9. The number of carboxylic acid groups (broad SMARTS) is 1. The van der Waals surface area contributed by atoms with Gasteiger partial charge in [-0.15, -0.1) is 0 Å². The number of carbonyl (C=O) groups is 3. The van der Waals surface area contributed by atoms with Gasteiger partial charge in [0, 0.05) is 0 Å². The topological polar surface area (TPSA) is 131 Å². The Morgan fingerprint density at radius 3 is 2.23 bits per heavy atom. The standard InChI is InChI=1S/C20H14F3N3O5/c1-18-11(7-25)12(17(29)30)19(2,31-18)14-13(18)15(27)26(16(14)28)9-4-3-8(6-24)10(5-9)20(21,22)23/h3-5,11-14H,1-2H3,(H,29,30)/t11-,12+,13?,14?,18+,19+/m1/s1. The number of carbonyl (C=O) groups excluding carboxylic acids is 2. The summed E-state index contributed by atoms with van der Waals surface area (Å²) in [6.07, 6.45) is -4.90. The number of aliphatic carboxylic acids is 1. The molecule has 3 aliphatic rings. The molecule has 2 bridgehead atoms. The van der Waals surface area contributed by atoms with Gasteiger partial charge in [0.25, 0.3) is 0 Å². The van der Waals surface area contributed by atoms with Crippen molar-refractivity contribution in [2.75, 3.05) is 4.90 Å². The van der Waals surface area contributed by atoms with Gasteiger partial charge in [-0.25, -0.2) is 4.90 Å². The first-order valence-corrected chi connectivity index (χ1v) is 9.14. The number of anilines is 1. The predicted molar refractivity (Wildman–Crippen MR) is 93.8 cm³/mol. The molecule has 160 valence electrons. The first-order chi connectivity index (χ1) is 14.3. The Morgan fingerprint density at radius 2 is 1.74 bits per heavy atom. The molecule has 6 atom stereocenters. The van der Waals surface area contributed by atoms with Crippen LogP contribution in [0.25, 0.3) is 0 Å². The summed E-state index contributed by atoms with van der Waals surface area (Å²) in [5.41, 5.74) is -5.65. The van der Waals surface area contributed by atoms with Crippen molar-refractivity contribution in [3.63, 3.8) is 0 Å². The predicted octanol–water partition coefficient (Wildman–Crippen LogP) is 2.08. The van der Waals surface area contributed by atoms with E-state index in [1.54, 1.807) is 0 Å². The maximum atomic E-state index is 13.4. The van der Waals surface area contributed by atoms with Crippen LogP contribution in [-0.2, 0) is 25.3 Å². The van der Waals surface area contributed by atoms with Gasteiger partial charge < -0.3 is 9.84 Å². The molecule has 4 rings (SSSR count). The molecule has 3 saturated heterocycles. The number of carboxylic acids is 1. The van der Waals surface area contributed by atoms with E-state index in [1.165, 1.54) is 19.9 Å². The number of benzene rings is 1. The van der Waals surface area contributed by atoms with Crippen LogP contribution in [0, 0.1) is 46.3 Å². The normalized spacial score (nSPS) is 36.3. The van der Waals surface area contributed by atoms with Crippen molar-refractivity contribution in [3.05, 3.63) is 29.3 Å². The van der Waals surface area contributed by atoms with E-state index in [2.05, 4.69) is 0 Å². The van der Waals surface area contributed by atoms with Crippen LogP contribution < -0.4 is 4.90 Å². The van der Waals surface area contributed by atoms with Gasteiger partial charge in [-0.05, 0) is 32.0 Å². The van der Waals surface area contributed by atoms with Crippen molar-refractivity contribution >= 4 is 23.5 Å². The molecule has 3 heterocycles. The Labute approximate surface area is 173 Å².